The second kappa shape index (κ2) is 4.26. The molecule has 0 aliphatic heterocycles. The maximum atomic E-state index is 12.9. The predicted octanol–water partition coefficient (Wildman–Crippen LogP) is 3.01. The van der Waals surface area contributed by atoms with Gasteiger partial charge in [0.15, 0.2) is 0 Å². The second-order valence-electron chi connectivity index (χ2n) is 3.59. The lowest BCUT2D eigenvalue weighted by atomic mass is 10.0. The molecule has 80 valence electrons. The molecule has 0 bridgehead atoms. The van der Waals surface area contributed by atoms with E-state index in [0.717, 1.165) is 22.8 Å². The Morgan fingerprint density at radius 3 is 2.27 bits per heavy atom. The van der Waals surface area contributed by atoms with Crippen LogP contribution in [0.25, 0.3) is 6.08 Å². The Balaban J connectivity index is 3.22. The summed E-state index contributed by atoms with van der Waals surface area (Å²) in [5, 5.41) is 8.41. The Morgan fingerprint density at radius 1 is 1.20 bits per heavy atom. The molecule has 0 amide bonds. The van der Waals surface area contributed by atoms with E-state index in [0.29, 0.717) is 5.56 Å². The molecule has 3 heteroatoms. The van der Waals surface area contributed by atoms with E-state index < -0.39 is 11.8 Å². The third kappa shape index (κ3) is 2.65. The van der Waals surface area contributed by atoms with E-state index in [1.165, 1.54) is 0 Å². The first-order valence-electron chi connectivity index (χ1n) is 4.60. The van der Waals surface area contributed by atoms with E-state index >= 15 is 0 Å². The van der Waals surface area contributed by atoms with Gasteiger partial charge < -0.3 is 5.11 Å². The van der Waals surface area contributed by atoms with Crippen molar-refractivity contribution in [2.24, 2.45) is 0 Å². The fourth-order valence-corrected chi connectivity index (χ4v) is 1.34. The lowest BCUT2D eigenvalue weighted by Crippen LogP contribution is -1.95. The minimum atomic E-state index is -1.53. The summed E-state index contributed by atoms with van der Waals surface area (Å²) in [6.07, 6.45) is 1.05. The molecule has 0 radical (unpaired) electrons. The highest BCUT2D eigenvalue weighted by Crippen LogP contribution is 2.18. The highest BCUT2D eigenvalue weighted by Gasteiger charge is 2.07. The van der Waals surface area contributed by atoms with Gasteiger partial charge in [0, 0.05) is 0 Å². The summed E-state index contributed by atoms with van der Waals surface area (Å²) >= 11 is 0. The Kier molecular flexibility index (Phi) is 3.24. The van der Waals surface area contributed by atoms with E-state index in [-0.39, 0.29) is 0 Å². The first kappa shape index (κ1) is 11.4. The lowest BCUT2D eigenvalue weighted by Gasteiger charge is -2.05. The quantitative estimate of drug-likeness (QED) is 0.758. The molecule has 1 aromatic rings. The lowest BCUT2D eigenvalue weighted by molar-refractivity contribution is -0.134. The average Bonchev–Trinajstić information content (AvgIpc) is 2.13. The number of halogens is 1. The van der Waals surface area contributed by atoms with Gasteiger partial charge in [-0.3, -0.25) is 0 Å². The molecule has 15 heavy (non-hydrogen) atoms. The topological polar surface area (TPSA) is 37.3 Å². The largest absolute Gasteiger partial charge is 0.476 e. The van der Waals surface area contributed by atoms with Crippen molar-refractivity contribution in [1.29, 1.82) is 0 Å². The van der Waals surface area contributed by atoms with Crippen molar-refractivity contribution in [2.75, 3.05) is 0 Å². The zero-order valence-corrected chi connectivity index (χ0v) is 8.97. The maximum absolute atomic E-state index is 12.9. The minimum Gasteiger partial charge on any atom is -0.476 e. The van der Waals surface area contributed by atoms with Crippen LogP contribution in [0.3, 0.4) is 0 Å². The van der Waals surface area contributed by atoms with Gasteiger partial charge in [0.05, 0.1) is 0 Å². The van der Waals surface area contributed by atoms with Gasteiger partial charge in [-0.2, -0.15) is 4.39 Å². The van der Waals surface area contributed by atoms with Crippen molar-refractivity contribution in [3.8, 4) is 0 Å². The number of carbonyl (C=O) groups is 1. The SMILES string of the molecule is Cc1cc(C)c(/C=C(/F)C(=O)O)cc1C. The summed E-state index contributed by atoms with van der Waals surface area (Å²) in [5.41, 5.74) is 3.61. The van der Waals surface area contributed by atoms with Gasteiger partial charge in [-0.1, -0.05) is 12.1 Å². The van der Waals surface area contributed by atoms with Crippen LogP contribution in [-0.2, 0) is 4.79 Å². The van der Waals surface area contributed by atoms with Crippen molar-refractivity contribution < 1.29 is 14.3 Å². The number of aliphatic carboxylic acids is 1. The van der Waals surface area contributed by atoms with Crippen LogP contribution >= 0.6 is 0 Å². The number of benzene rings is 1. The predicted molar refractivity (Wildman–Crippen MR) is 57.4 cm³/mol. The monoisotopic (exact) mass is 208 g/mol. The van der Waals surface area contributed by atoms with Gasteiger partial charge >= 0.3 is 5.97 Å². The van der Waals surface area contributed by atoms with Gasteiger partial charge in [-0.05, 0) is 49.1 Å². The Morgan fingerprint density at radius 2 is 1.73 bits per heavy atom. The minimum absolute atomic E-state index is 0.609. The molecule has 0 spiro atoms. The van der Waals surface area contributed by atoms with E-state index in [2.05, 4.69) is 0 Å². The third-order valence-corrected chi connectivity index (χ3v) is 2.37. The van der Waals surface area contributed by atoms with Crippen LogP contribution in [0.4, 0.5) is 4.39 Å². The van der Waals surface area contributed by atoms with E-state index in [1.807, 2.05) is 26.8 Å². The van der Waals surface area contributed by atoms with Crippen LogP contribution in [0.15, 0.2) is 18.0 Å². The average molecular weight is 208 g/mol. The van der Waals surface area contributed by atoms with Gasteiger partial charge in [0.25, 0.3) is 0 Å². The van der Waals surface area contributed by atoms with Crippen LogP contribution in [0.5, 0.6) is 0 Å². The summed E-state index contributed by atoms with van der Waals surface area (Å²) in [6.45, 7) is 5.70. The summed E-state index contributed by atoms with van der Waals surface area (Å²) in [5.74, 6) is -2.67. The van der Waals surface area contributed by atoms with Crippen LogP contribution in [-0.4, -0.2) is 11.1 Å². The molecule has 0 saturated heterocycles. The number of rotatable bonds is 2. The molecule has 1 N–H and O–H groups in total. The molecule has 0 fully saturated rings. The molecule has 0 unspecified atom stereocenters. The number of carboxylic acids is 1. The van der Waals surface area contributed by atoms with Crippen molar-refractivity contribution in [3.05, 3.63) is 40.2 Å². The molecule has 2 nitrogen and oxygen atoms in total. The summed E-state index contributed by atoms with van der Waals surface area (Å²) in [6, 6.07) is 3.70. The van der Waals surface area contributed by atoms with E-state index in [9.17, 15) is 9.18 Å². The highest BCUT2D eigenvalue weighted by molar-refractivity contribution is 5.89. The summed E-state index contributed by atoms with van der Waals surface area (Å²) < 4.78 is 12.9. The van der Waals surface area contributed by atoms with Crippen molar-refractivity contribution in [2.45, 2.75) is 20.8 Å². The molecule has 1 aromatic carbocycles. The molecule has 0 saturated carbocycles. The molecule has 1 rings (SSSR count). The summed E-state index contributed by atoms with van der Waals surface area (Å²) in [7, 11) is 0. The normalized spacial score (nSPS) is 11.6. The fourth-order valence-electron chi connectivity index (χ4n) is 1.34. The molecule has 0 aliphatic rings. The van der Waals surface area contributed by atoms with Gasteiger partial charge in [0.1, 0.15) is 0 Å². The van der Waals surface area contributed by atoms with E-state index in [4.69, 9.17) is 5.11 Å². The maximum Gasteiger partial charge on any atom is 0.364 e. The zero-order chi connectivity index (χ0) is 11.6. The standard InChI is InChI=1S/C12H13FO2/c1-7-4-9(3)10(5-8(7)2)6-11(13)12(14)15/h4-6H,1-3H3,(H,14,15)/b11-6+. The van der Waals surface area contributed by atoms with Crippen LogP contribution in [0.1, 0.15) is 22.3 Å². The third-order valence-electron chi connectivity index (χ3n) is 2.37. The number of hydrogen-bond acceptors (Lipinski definition) is 1. The first-order valence-corrected chi connectivity index (χ1v) is 4.60. The van der Waals surface area contributed by atoms with Crippen LogP contribution < -0.4 is 0 Å². The zero-order valence-electron chi connectivity index (χ0n) is 8.97. The Hall–Kier alpha value is -1.64. The molecule has 0 aliphatic carbocycles. The second-order valence-corrected chi connectivity index (χ2v) is 3.59. The van der Waals surface area contributed by atoms with Crippen molar-refractivity contribution >= 4 is 12.0 Å². The number of aryl methyl sites for hydroxylation is 3. The van der Waals surface area contributed by atoms with Crippen molar-refractivity contribution in [3.63, 3.8) is 0 Å². The highest BCUT2D eigenvalue weighted by atomic mass is 19.1. The fraction of sp³-hybridized carbons (Fsp3) is 0.250. The molecule has 0 heterocycles. The summed E-state index contributed by atoms with van der Waals surface area (Å²) in [4.78, 5) is 10.3. The van der Waals surface area contributed by atoms with Gasteiger partial charge in [0.2, 0.25) is 5.83 Å². The molecular formula is C12H13FO2. The van der Waals surface area contributed by atoms with Gasteiger partial charge in [-0.15, -0.1) is 0 Å². The Labute approximate surface area is 88.1 Å². The van der Waals surface area contributed by atoms with Crippen LogP contribution in [0.2, 0.25) is 0 Å². The molecular weight excluding hydrogens is 195 g/mol. The number of carboxylic acid groups (broad SMARTS) is 1. The smallest absolute Gasteiger partial charge is 0.364 e. The van der Waals surface area contributed by atoms with Crippen molar-refractivity contribution in [1.82, 2.24) is 0 Å². The Bertz CT molecular complexity index is 433. The molecule has 0 aromatic heterocycles. The molecule has 0 atom stereocenters. The van der Waals surface area contributed by atoms with Gasteiger partial charge in [-0.25, -0.2) is 4.79 Å². The number of hydrogen-bond donors (Lipinski definition) is 1. The van der Waals surface area contributed by atoms with Crippen LogP contribution in [0, 0.1) is 20.8 Å². The van der Waals surface area contributed by atoms with E-state index in [1.54, 1.807) is 6.07 Å². The first-order chi connectivity index (χ1) is 6.91.